The number of nitrogens with zero attached hydrogens (tertiary/aromatic N) is 2. The molecule has 2 rings (SSSR count). The van der Waals surface area contributed by atoms with Crippen LogP contribution in [-0.4, -0.2) is 15.5 Å². The molecule has 0 bridgehead atoms. The SMILES string of the molecule is CC(C)Cn1ccnc1CNC(=O)C1CCCCC1. The summed E-state index contributed by atoms with van der Waals surface area (Å²) in [5, 5.41) is 3.05. The molecule has 1 saturated carbocycles. The highest BCUT2D eigenvalue weighted by atomic mass is 16.1. The standard InChI is InChI=1S/C15H25N3O/c1-12(2)11-18-9-8-16-14(18)10-17-15(19)13-6-4-3-5-7-13/h8-9,12-13H,3-7,10-11H2,1-2H3,(H,17,19). The van der Waals surface area contributed by atoms with E-state index in [9.17, 15) is 4.79 Å². The molecule has 0 saturated heterocycles. The van der Waals surface area contributed by atoms with Gasteiger partial charge in [-0.05, 0) is 18.8 Å². The molecule has 1 N–H and O–H groups in total. The summed E-state index contributed by atoms with van der Waals surface area (Å²) in [6.07, 6.45) is 9.56. The number of hydrogen-bond acceptors (Lipinski definition) is 2. The number of amides is 1. The lowest BCUT2D eigenvalue weighted by Crippen LogP contribution is -2.32. The number of imidazole rings is 1. The molecule has 1 amide bonds. The van der Waals surface area contributed by atoms with E-state index in [0.29, 0.717) is 12.5 Å². The van der Waals surface area contributed by atoms with Crippen molar-refractivity contribution in [1.82, 2.24) is 14.9 Å². The van der Waals surface area contributed by atoms with Gasteiger partial charge >= 0.3 is 0 Å². The predicted octanol–water partition coefficient (Wildman–Crippen LogP) is 2.74. The van der Waals surface area contributed by atoms with Gasteiger partial charge in [0.25, 0.3) is 0 Å². The summed E-state index contributed by atoms with van der Waals surface area (Å²) in [6.45, 7) is 5.87. The van der Waals surface area contributed by atoms with Crippen LogP contribution in [0.4, 0.5) is 0 Å². The molecular weight excluding hydrogens is 238 g/mol. The highest BCUT2D eigenvalue weighted by molar-refractivity contribution is 5.78. The van der Waals surface area contributed by atoms with Gasteiger partial charge in [-0.3, -0.25) is 4.79 Å². The molecule has 0 radical (unpaired) electrons. The molecule has 106 valence electrons. The van der Waals surface area contributed by atoms with Crippen molar-refractivity contribution in [1.29, 1.82) is 0 Å². The molecule has 1 aromatic rings. The van der Waals surface area contributed by atoms with Crippen molar-refractivity contribution in [2.45, 2.75) is 59.0 Å². The fourth-order valence-corrected chi connectivity index (χ4v) is 2.74. The van der Waals surface area contributed by atoms with E-state index in [1.54, 1.807) is 0 Å². The first-order chi connectivity index (χ1) is 9.16. The fraction of sp³-hybridized carbons (Fsp3) is 0.733. The molecule has 1 aromatic heterocycles. The zero-order valence-electron chi connectivity index (χ0n) is 12.1. The quantitative estimate of drug-likeness (QED) is 0.888. The molecule has 1 aliphatic rings. The third kappa shape index (κ3) is 4.08. The summed E-state index contributed by atoms with van der Waals surface area (Å²) in [5.74, 6) is 1.97. The molecular formula is C15H25N3O. The van der Waals surface area contributed by atoms with Gasteiger partial charge in [-0.2, -0.15) is 0 Å². The maximum atomic E-state index is 12.1. The fourth-order valence-electron chi connectivity index (χ4n) is 2.74. The summed E-state index contributed by atoms with van der Waals surface area (Å²) >= 11 is 0. The van der Waals surface area contributed by atoms with Crippen molar-refractivity contribution >= 4 is 5.91 Å². The lowest BCUT2D eigenvalue weighted by molar-refractivity contribution is -0.126. The van der Waals surface area contributed by atoms with Crippen LogP contribution < -0.4 is 5.32 Å². The maximum absolute atomic E-state index is 12.1. The molecule has 0 spiro atoms. The van der Waals surface area contributed by atoms with Gasteiger partial charge < -0.3 is 9.88 Å². The van der Waals surface area contributed by atoms with Crippen molar-refractivity contribution in [2.75, 3.05) is 0 Å². The van der Waals surface area contributed by atoms with E-state index in [1.165, 1.54) is 19.3 Å². The predicted molar refractivity (Wildman–Crippen MR) is 75.5 cm³/mol. The van der Waals surface area contributed by atoms with E-state index in [1.807, 2.05) is 12.4 Å². The van der Waals surface area contributed by atoms with Gasteiger partial charge in [-0.1, -0.05) is 33.1 Å². The Kier molecular flexibility index (Phi) is 5.00. The van der Waals surface area contributed by atoms with Crippen LogP contribution in [0.15, 0.2) is 12.4 Å². The van der Waals surface area contributed by atoms with Crippen molar-refractivity contribution in [3.63, 3.8) is 0 Å². The summed E-state index contributed by atoms with van der Waals surface area (Å²) in [7, 11) is 0. The maximum Gasteiger partial charge on any atom is 0.223 e. The third-order valence-electron chi connectivity index (χ3n) is 3.76. The number of hydrogen-bond donors (Lipinski definition) is 1. The van der Waals surface area contributed by atoms with E-state index >= 15 is 0 Å². The number of rotatable bonds is 5. The largest absolute Gasteiger partial charge is 0.349 e. The lowest BCUT2D eigenvalue weighted by atomic mass is 9.89. The lowest BCUT2D eigenvalue weighted by Gasteiger charge is -2.20. The molecule has 0 aromatic carbocycles. The number of carbonyl (C=O) groups is 1. The second-order valence-electron chi connectivity index (χ2n) is 5.94. The Morgan fingerprint density at radius 1 is 1.42 bits per heavy atom. The normalized spacial score (nSPS) is 16.8. The van der Waals surface area contributed by atoms with Gasteiger partial charge in [0, 0.05) is 24.9 Å². The average Bonchev–Trinajstić information content (AvgIpc) is 2.83. The first kappa shape index (κ1) is 14.1. The van der Waals surface area contributed by atoms with Crippen molar-refractivity contribution in [3.05, 3.63) is 18.2 Å². The van der Waals surface area contributed by atoms with Crippen molar-refractivity contribution in [3.8, 4) is 0 Å². The van der Waals surface area contributed by atoms with Gasteiger partial charge in [-0.25, -0.2) is 4.98 Å². The van der Waals surface area contributed by atoms with Gasteiger partial charge in [0.15, 0.2) is 0 Å². The van der Waals surface area contributed by atoms with Crippen LogP contribution in [0.25, 0.3) is 0 Å². The highest BCUT2D eigenvalue weighted by Gasteiger charge is 2.21. The Bertz CT molecular complexity index is 405. The zero-order chi connectivity index (χ0) is 13.7. The Hall–Kier alpha value is -1.32. The first-order valence-corrected chi connectivity index (χ1v) is 7.44. The summed E-state index contributed by atoms with van der Waals surface area (Å²) in [4.78, 5) is 16.4. The van der Waals surface area contributed by atoms with E-state index in [2.05, 4.69) is 28.7 Å². The Labute approximate surface area is 115 Å². The number of aromatic nitrogens is 2. The van der Waals surface area contributed by atoms with Gasteiger partial charge in [0.1, 0.15) is 5.82 Å². The van der Waals surface area contributed by atoms with Crippen LogP contribution in [0.1, 0.15) is 51.8 Å². The van der Waals surface area contributed by atoms with Gasteiger partial charge in [0.05, 0.1) is 6.54 Å². The molecule has 0 aliphatic heterocycles. The summed E-state index contributed by atoms with van der Waals surface area (Å²) in [5.41, 5.74) is 0. The van der Waals surface area contributed by atoms with Crippen LogP contribution in [-0.2, 0) is 17.9 Å². The Morgan fingerprint density at radius 2 is 2.16 bits per heavy atom. The summed E-state index contributed by atoms with van der Waals surface area (Å²) < 4.78 is 2.13. The van der Waals surface area contributed by atoms with Crippen molar-refractivity contribution < 1.29 is 4.79 Å². The Balaban J connectivity index is 1.84. The molecule has 0 atom stereocenters. The van der Waals surface area contributed by atoms with Gasteiger partial charge in [0.2, 0.25) is 5.91 Å². The summed E-state index contributed by atoms with van der Waals surface area (Å²) in [6, 6.07) is 0. The van der Waals surface area contributed by atoms with E-state index in [-0.39, 0.29) is 11.8 Å². The van der Waals surface area contributed by atoms with Gasteiger partial charge in [-0.15, -0.1) is 0 Å². The highest BCUT2D eigenvalue weighted by Crippen LogP contribution is 2.23. The zero-order valence-corrected chi connectivity index (χ0v) is 12.1. The average molecular weight is 263 g/mol. The number of nitrogens with one attached hydrogen (secondary N) is 1. The second kappa shape index (κ2) is 6.73. The van der Waals surface area contributed by atoms with E-state index in [0.717, 1.165) is 25.2 Å². The topological polar surface area (TPSA) is 46.9 Å². The minimum absolute atomic E-state index is 0.207. The van der Waals surface area contributed by atoms with Crippen LogP contribution >= 0.6 is 0 Å². The molecule has 4 nitrogen and oxygen atoms in total. The monoisotopic (exact) mass is 263 g/mol. The second-order valence-corrected chi connectivity index (χ2v) is 5.94. The van der Waals surface area contributed by atoms with Crippen molar-refractivity contribution in [2.24, 2.45) is 11.8 Å². The molecule has 0 unspecified atom stereocenters. The molecule has 1 fully saturated rings. The van der Waals surface area contributed by atoms with E-state index < -0.39 is 0 Å². The molecule has 4 heteroatoms. The Morgan fingerprint density at radius 3 is 2.84 bits per heavy atom. The minimum atomic E-state index is 0.207. The number of carbonyl (C=O) groups excluding carboxylic acids is 1. The molecule has 1 heterocycles. The molecule has 1 aliphatic carbocycles. The van der Waals surface area contributed by atoms with Crippen LogP contribution in [0.5, 0.6) is 0 Å². The first-order valence-electron chi connectivity index (χ1n) is 7.44. The smallest absolute Gasteiger partial charge is 0.223 e. The van der Waals surface area contributed by atoms with E-state index in [4.69, 9.17) is 0 Å². The van der Waals surface area contributed by atoms with Crippen LogP contribution in [0.3, 0.4) is 0 Å². The minimum Gasteiger partial charge on any atom is -0.349 e. The van der Waals surface area contributed by atoms with Crippen LogP contribution in [0.2, 0.25) is 0 Å². The third-order valence-corrected chi connectivity index (χ3v) is 3.76. The molecule has 19 heavy (non-hydrogen) atoms. The van der Waals surface area contributed by atoms with Crippen LogP contribution in [0, 0.1) is 11.8 Å².